The molecule has 0 saturated carbocycles. The first-order valence-corrected chi connectivity index (χ1v) is 4.42. The smallest absolute Gasteiger partial charge is 0.151 e. The molecule has 0 aliphatic heterocycles. The molecule has 2 aromatic rings. The summed E-state index contributed by atoms with van der Waals surface area (Å²) in [7, 11) is 0. The van der Waals surface area contributed by atoms with Crippen molar-refractivity contribution >= 4 is 16.9 Å². The fourth-order valence-corrected chi connectivity index (χ4v) is 1.45. The van der Waals surface area contributed by atoms with E-state index in [0.717, 1.165) is 16.6 Å². The van der Waals surface area contributed by atoms with Gasteiger partial charge < -0.3 is 15.8 Å². The molecular weight excluding hydrogens is 180 g/mol. The number of nitrogens with two attached hydrogens (primary N) is 1. The number of H-pyrrole nitrogens is 1. The third-order valence-electron chi connectivity index (χ3n) is 2.33. The summed E-state index contributed by atoms with van der Waals surface area (Å²) in [5, 5.41) is 9.05. The maximum absolute atomic E-state index is 9.05. The van der Waals surface area contributed by atoms with E-state index in [1.54, 1.807) is 0 Å². The number of anilines is 1. The van der Waals surface area contributed by atoms with Crippen molar-refractivity contribution in [1.82, 2.24) is 15.0 Å². The number of hydrogen-bond donors (Lipinski definition) is 3. The molecule has 2 aromatic heterocycles. The van der Waals surface area contributed by atoms with Crippen LogP contribution in [0.5, 0.6) is 0 Å². The van der Waals surface area contributed by atoms with E-state index in [1.165, 1.54) is 6.33 Å². The maximum atomic E-state index is 9.05. The molecule has 0 bridgehead atoms. The van der Waals surface area contributed by atoms with Crippen molar-refractivity contribution in [2.24, 2.45) is 0 Å². The first-order chi connectivity index (χ1) is 6.74. The van der Waals surface area contributed by atoms with Crippen molar-refractivity contribution in [3.8, 4) is 0 Å². The lowest BCUT2D eigenvalue weighted by molar-refractivity contribution is 0.273. The van der Waals surface area contributed by atoms with Crippen molar-refractivity contribution in [3.63, 3.8) is 0 Å². The molecule has 14 heavy (non-hydrogen) atoms. The summed E-state index contributed by atoms with van der Waals surface area (Å²) in [4.78, 5) is 11.0. The second kappa shape index (κ2) is 3.26. The molecule has 0 aromatic carbocycles. The second-order valence-corrected chi connectivity index (χ2v) is 3.31. The topological polar surface area (TPSA) is 87.8 Å². The van der Waals surface area contributed by atoms with Crippen LogP contribution >= 0.6 is 0 Å². The molecule has 0 aliphatic rings. The van der Waals surface area contributed by atoms with E-state index in [2.05, 4.69) is 15.0 Å². The summed E-state index contributed by atoms with van der Waals surface area (Å²) in [5.41, 5.74) is 8.16. The molecule has 5 nitrogen and oxygen atoms in total. The van der Waals surface area contributed by atoms with Crippen molar-refractivity contribution < 1.29 is 5.11 Å². The lowest BCUT2D eigenvalue weighted by Gasteiger charge is -2.04. The highest BCUT2D eigenvalue weighted by Crippen LogP contribution is 2.25. The zero-order valence-corrected chi connectivity index (χ0v) is 7.86. The average Bonchev–Trinajstić information content (AvgIpc) is 2.62. The third kappa shape index (κ3) is 1.22. The normalized spacial score (nSPS) is 13.3. The molecule has 4 N–H and O–H groups in total. The van der Waals surface area contributed by atoms with Crippen LogP contribution in [0.1, 0.15) is 18.4 Å². The first kappa shape index (κ1) is 8.96. The number of rotatable bonds is 2. The Balaban J connectivity index is 2.63. The van der Waals surface area contributed by atoms with E-state index in [-0.39, 0.29) is 12.5 Å². The molecule has 1 atom stereocenters. The molecule has 5 heteroatoms. The number of fused-ring (bicyclic) bond motifs is 1. The molecule has 74 valence electrons. The van der Waals surface area contributed by atoms with Gasteiger partial charge in [-0.25, -0.2) is 9.97 Å². The molecular formula is C9H12N4O. The lowest BCUT2D eigenvalue weighted by atomic mass is 10.1. The molecule has 0 saturated heterocycles. The highest BCUT2D eigenvalue weighted by atomic mass is 16.3. The van der Waals surface area contributed by atoms with Crippen molar-refractivity contribution in [1.29, 1.82) is 0 Å². The van der Waals surface area contributed by atoms with Crippen LogP contribution in [0.2, 0.25) is 0 Å². The van der Waals surface area contributed by atoms with Gasteiger partial charge in [0.15, 0.2) is 5.82 Å². The number of nitrogens with zero attached hydrogens (tertiary/aromatic N) is 2. The Labute approximate surface area is 81.0 Å². The van der Waals surface area contributed by atoms with E-state index in [9.17, 15) is 0 Å². The van der Waals surface area contributed by atoms with Crippen LogP contribution in [0.3, 0.4) is 0 Å². The summed E-state index contributed by atoms with van der Waals surface area (Å²) >= 11 is 0. The largest absolute Gasteiger partial charge is 0.396 e. The predicted octanol–water partition coefficient (Wildman–Crippen LogP) is 0.636. The van der Waals surface area contributed by atoms with Gasteiger partial charge in [0.2, 0.25) is 0 Å². The van der Waals surface area contributed by atoms with Crippen LogP contribution in [0.25, 0.3) is 11.0 Å². The van der Waals surface area contributed by atoms with Gasteiger partial charge in [-0.2, -0.15) is 0 Å². The molecule has 2 rings (SSSR count). The Morgan fingerprint density at radius 2 is 2.36 bits per heavy atom. The molecule has 0 radical (unpaired) electrons. The number of nitrogens with one attached hydrogen (secondary N) is 1. The fraction of sp³-hybridized carbons (Fsp3) is 0.333. The van der Waals surface area contributed by atoms with Gasteiger partial charge in [0, 0.05) is 24.3 Å². The first-order valence-electron chi connectivity index (χ1n) is 4.42. The number of aromatic amines is 1. The number of aliphatic hydroxyl groups excluding tert-OH is 1. The highest BCUT2D eigenvalue weighted by molar-refractivity contribution is 5.87. The Morgan fingerprint density at radius 1 is 1.57 bits per heavy atom. The van der Waals surface area contributed by atoms with Gasteiger partial charge in [0.25, 0.3) is 0 Å². The lowest BCUT2D eigenvalue weighted by Crippen LogP contribution is -1.99. The van der Waals surface area contributed by atoms with Crippen molar-refractivity contribution in [2.75, 3.05) is 12.3 Å². The Hall–Kier alpha value is -1.62. The zero-order chi connectivity index (χ0) is 10.1. The van der Waals surface area contributed by atoms with Crippen LogP contribution in [0.4, 0.5) is 5.82 Å². The summed E-state index contributed by atoms with van der Waals surface area (Å²) < 4.78 is 0. The Bertz CT molecular complexity index is 451. The van der Waals surface area contributed by atoms with E-state index in [0.29, 0.717) is 5.82 Å². The highest BCUT2D eigenvalue weighted by Gasteiger charge is 2.12. The predicted molar refractivity (Wildman–Crippen MR) is 53.8 cm³/mol. The summed E-state index contributed by atoms with van der Waals surface area (Å²) in [6.45, 7) is 2.03. The van der Waals surface area contributed by atoms with Gasteiger partial charge in [-0.05, 0) is 0 Å². The molecule has 2 heterocycles. The minimum atomic E-state index is 0.0537. The standard InChI is InChI=1S/C9H12N4O/c1-5(3-14)6-2-11-8-7(6)12-4-13-9(8)10/h2,4-5,11,14H,3H2,1H3,(H2,10,12,13). The molecule has 1 unspecified atom stereocenters. The zero-order valence-electron chi connectivity index (χ0n) is 7.86. The fourth-order valence-electron chi connectivity index (χ4n) is 1.45. The second-order valence-electron chi connectivity index (χ2n) is 3.31. The van der Waals surface area contributed by atoms with Crippen LogP contribution in [-0.2, 0) is 0 Å². The summed E-state index contributed by atoms with van der Waals surface area (Å²) in [6.07, 6.45) is 3.25. The van der Waals surface area contributed by atoms with E-state index < -0.39 is 0 Å². The summed E-state index contributed by atoms with van der Waals surface area (Å²) in [6, 6.07) is 0. The van der Waals surface area contributed by atoms with Crippen molar-refractivity contribution in [2.45, 2.75) is 12.8 Å². The Kier molecular flexibility index (Phi) is 2.09. The van der Waals surface area contributed by atoms with Crippen LogP contribution < -0.4 is 5.73 Å². The molecule has 0 aliphatic carbocycles. The third-order valence-corrected chi connectivity index (χ3v) is 2.33. The molecule has 0 spiro atoms. The number of nitrogen functional groups attached to an aromatic ring is 1. The quantitative estimate of drug-likeness (QED) is 0.651. The van der Waals surface area contributed by atoms with Crippen LogP contribution in [0, 0.1) is 0 Å². The van der Waals surface area contributed by atoms with Gasteiger partial charge in [0.05, 0.1) is 5.52 Å². The summed E-state index contributed by atoms with van der Waals surface area (Å²) in [5.74, 6) is 0.490. The number of aliphatic hydroxyl groups is 1. The van der Waals surface area contributed by atoms with Gasteiger partial charge >= 0.3 is 0 Å². The maximum Gasteiger partial charge on any atom is 0.151 e. The van der Waals surface area contributed by atoms with Gasteiger partial charge in [-0.3, -0.25) is 0 Å². The number of aromatic nitrogens is 3. The monoisotopic (exact) mass is 192 g/mol. The van der Waals surface area contributed by atoms with Gasteiger partial charge in [-0.1, -0.05) is 6.92 Å². The molecule has 0 amide bonds. The number of hydrogen-bond acceptors (Lipinski definition) is 4. The van der Waals surface area contributed by atoms with Gasteiger partial charge in [-0.15, -0.1) is 0 Å². The van der Waals surface area contributed by atoms with Gasteiger partial charge in [0.1, 0.15) is 11.8 Å². The Morgan fingerprint density at radius 3 is 3.07 bits per heavy atom. The van der Waals surface area contributed by atoms with E-state index in [4.69, 9.17) is 10.8 Å². The van der Waals surface area contributed by atoms with Crippen LogP contribution in [-0.4, -0.2) is 26.7 Å². The minimum absolute atomic E-state index is 0.0537. The van der Waals surface area contributed by atoms with Crippen LogP contribution in [0.15, 0.2) is 12.5 Å². The average molecular weight is 192 g/mol. The van der Waals surface area contributed by atoms with E-state index >= 15 is 0 Å². The SMILES string of the molecule is CC(CO)c1c[nH]c2c(N)ncnc12. The molecule has 0 fully saturated rings. The van der Waals surface area contributed by atoms with Crippen molar-refractivity contribution in [3.05, 3.63) is 18.1 Å². The minimum Gasteiger partial charge on any atom is -0.396 e. The van der Waals surface area contributed by atoms with E-state index in [1.807, 2.05) is 13.1 Å².